The van der Waals surface area contributed by atoms with Crippen LogP contribution in [0.1, 0.15) is 33.6 Å². The highest BCUT2D eigenvalue weighted by molar-refractivity contribution is 5.74. The molecule has 3 atom stereocenters. The number of piperidine rings is 1. The van der Waals surface area contributed by atoms with Gasteiger partial charge in [-0.05, 0) is 39.5 Å². The number of carboxylic acid groups (broad SMARTS) is 1. The first-order valence-electron chi connectivity index (χ1n) is 6.02. The van der Waals surface area contributed by atoms with E-state index in [4.69, 9.17) is 9.84 Å². The summed E-state index contributed by atoms with van der Waals surface area (Å²) in [7, 11) is 0. The maximum atomic E-state index is 11.9. The first-order chi connectivity index (χ1) is 7.79. The molecule has 0 aromatic rings. The van der Waals surface area contributed by atoms with Crippen LogP contribution in [0.3, 0.4) is 0 Å². The van der Waals surface area contributed by atoms with E-state index in [0.29, 0.717) is 13.0 Å². The van der Waals surface area contributed by atoms with Crippen molar-refractivity contribution in [3.05, 3.63) is 0 Å². The molecule has 1 heterocycles. The molecule has 0 aromatic heterocycles. The number of hydrogen-bond acceptors (Lipinski definition) is 3. The maximum absolute atomic E-state index is 11.9. The van der Waals surface area contributed by atoms with Crippen LogP contribution in [0.2, 0.25) is 0 Å². The lowest BCUT2D eigenvalue weighted by Gasteiger charge is -2.31. The molecule has 5 nitrogen and oxygen atoms in total. The quantitative estimate of drug-likeness (QED) is 0.759. The average molecular weight is 241 g/mol. The van der Waals surface area contributed by atoms with E-state index in [-0.39, 0.29) is 24.0 Å². The SMILES string of the molecule is CC(C)(C)OC(=O)N1CCC(C(=O)O)C2CC21. The van der Waals surface area contributed by atoms with Crippen LogP contribution in [-0.2, 0) is 9.53 Å². The van der Waals surface area contributed by atoms with Crippen molar-refractivity contribution >= 4 is 12.1 Å². The van der Waals surface area contributed by atoms with E-state index in [1.54, 1.807) is 4.90 Å². The average Bonchev–Trinajstić information content (AvgIpc) is 2.91. The van der Waals surface area contributed by atoms with Crippen LogP contribution in [0.15, 0.2) is 0 Å². The Bertz CT molecular complexity index is 347. The van der Waals surface area contributed by atoms with Gasteiger partial charge in [0.2, 0.25) is 0 Å². The molecule has 0 bridgehead atoms. The second-order valence-electron chi connectivity index (χ2n) is 5.87. The lowest BCUT2D eigenvalue weighted by atomic mass is 9.96. The fourth-order valence-electron chi connectivity index (χ4n) is 2.50. The summed E-state index contributed by atoms with van der Waals surface area (Å²) >= 11 is 0. The summed E-state index contributed by atoms with van der Waals surface area (Å²) in [4.78, 5) is 24.5. The molecular weight excluding hydrogens is 222 g/mol. The molecule has 3 unspecified atom stereocenters. The summed E-state index contributed by atoms with van der Waals surface area (Å²) in [5.41, 5.74) is -0.495. The summed E-state index contributed by atoms with van der Waals surface area (Å²) in [5.74, 6) is -0.881. The zero-order valence-corrected chi connectivity index (χ0v) is 10.5. The normalized spacial score (nSPS) is 31.7. The van der Waals surface area contributed by atoms with Crippen molar-refractivity contribution in [3.8, 4) is 0 Å². The Kier molecular flexibility index (Phi) is 2.79. The Morgan fingerprint density at radius 2 is 2.00 bits per heavy atom. The first kappa shape index (κ1) is 12.2. The van der Waals surface area contributed by atoms with E-state index in [2.05, 4.69) is 0 Å². The Morgan fingerprint density at radius 1 is 1.35 bits per heavy atom. The summed E-state index contributed by atoms with van der Waals surface area (Å²) in [6.45, 7) is 5.99. The molecule has 17 heavy (non-hydrogen) atoms. The molecule has 1 saturated carbocycles. The number of fused-ring (bicyclic) bond motifs is 1. The third-order valence-corrected chi connectivity index (χ3v) is 3.35. The number of rotatable bonds is 1. The highest BCUT2D eigenvalue weighted by Crippen LogP contribution is 2.47. The number of carbonyl (C=O) groups excluding carboxylic acids is 1. The molecule has 0 radical (unpaired) electrons. The molecule has 1 aliphatic heterocycles. The standard InChI is InChI=1S/C12H19NO4/c1-12(2,3)17-11(16)13-5-4-7(10(14)15)8-6-9(8)13/h7-9H,4-6H2,1-3H3,(H,14,15). The highest BCUT2D eigenvalue weighted by atomic mass is 16.6. The molecule has 5 heteroatoms. The highest BCUT2D eigenvalue weighted by Gasteiger charge is 2.54. The summed E-state index contributed by atoms with van der Waals surface area (Å²) in [6, 6.07) is 0.0831. The minimum atomic E-state index is -0.735. The number of aliphatic carboxylic acids is 1. The molecule has 0 spiro atoms. The van der Waals surface area contributed by atoms with Gasteiger partial charge in [-0.2, -0.15) is 0 Å². The van der Waals surface area contributed by atoms with Crippen molar-refractivity contribution in [2.75, 3.05) is 6.54 Å². The number of amides is 1. The van der Waals surface area contributed by atoms with Crippen molar-refractivity contribution in [2.24, 2.45) is 11.8 Å². The van der Waals surface area contributed by atoms with Gasteiger partial charge in [0, 0.05) is 12.6 Å². The van der Waals surface area contributed by atoms with Crippen LogP contribution in [-0.4, -0.2) is 40.3 Å². The number of carbonyl (C=O) groups is 2. The summed E-state index contributed by atoms with van der Waals surface area (Å²) < 4.78 is 5.31. The largest absolute Gasteiger partial charge is 0.481 e. The predicted molar refractivity (Wildman–Crippen MR) is 60.6 cm³/mol. The summed E-state index contributed by atoms with van der Waals surface area (Å²) in [5, 5.41) is 9.01. The Morgan fingerprint density at radius 3 is 2.53 bits per heavy atom. The molecule has 1 amide bonds. The van der Waals surface area contributed by atoms with Crippen LogP contribution >= 0.6 is 0 Å². The van der Waals surface area contributed by atoms with Crippen molar-refractivity contribution in [3.63, 3.8) is 0 Å². The number of likely N-dealkylation sites (tertiary alicyclic amines) is 1. The van der Waals surface area contributed by atoms with Crippen LogP contribution in [0.4, 0.5) is 4.79 Å². The third-order valence-electron chi connectivity index (χ3n) is 3.35. The zero-order chi connectivity index (χ0) is 12.8. The van der Waals surface area contributed by atoms with Crippen molar-refractivity contribution < 1.29 is 19.4 Å². The van der Waals surface area contributed by atoms with E-state index >= 15 is 0 Å². The van der Waals surface area contributed by atoms with Gasteiger partial charge in [-0.3, -0.25) is 4.79 Å². The third kappa shape index (κ3) is 2.53. The van der Waals surface area contributed by atoms with Crippen LogP contribution in [0.25, 0.3) is 0 Å². The summed E-state index contributed by atoms with van der Waals surface area (Å²) in [6.07, 6.45) is 1.03. The number of carboxylic acids is 1. The van der Waals surface area contributed by atoms with Crippen molar-refractivity contribution in [1.82, 2.24) is 4.90 Å². The molecule has 96 valence electrons. The van der Waals surface area contributed by atoms with E-state index in [9.17, 15) is 9.59 Å². The molecular formula is C12H19NO4. The van der Waals surface area contributed by atoms with Crippen LogP contribution in [0, 0.1) is 11.8 Å². The van der Waals surface area contributed by atoms with Gasteiger partial charge in [0.05, 0.1) is 5.92 Å². The Hall–Kier alpha value is -1.26. The van der Waals surface area contributed by atoms with Gasteiger partial charge in [0.15, 0.2) is 0 Å². The molecule has 1 N–H and O–H groups in total. The monoisotopic (exact) mass is 241 g/mol. The zero-order valence-electron chi connectivity index (χ0n) is 10.5. The van der Waals surface area contributed by atoms with Crippen LogP contribution < -0.4 is 0 Å². The van der Waals surface area contributed by atoms with E-state index in [1.165, 1.54) is 0 Å². The molecule has 1 aliphatic carbocycles. The van der Waals surface area contributed by atoms with Gasteiger partial charge in [-0.15, -0.1) is 0 Å². The molecule has 2 aliphatic rings. The van der Waals surface area contributed by atoms with Gasteiger partial charge in [-0.25, -0.2) is 4.79 Å². The minimum absolute atomic E-state index is 0.0831. The fourth-order valence-corrected chi connectivity index (χ4v) is 2.50. The van der Waals surface area contributed by atoms with Crippen LogP contribution in [0.5, 0.6) is 0 Å². The van der Waals surface area contributed by atoms with E-state index < -0.39 is 11.6 Å². The van der Waals surface area contributed by atoms with E-state index in [1.807, 2.05) is 20.8 Å². The molecule has 1 saturated heterocycles. The molecule has 2 fully saturated rings. The van der Waals surface area contributed by atoms with Gasteiger partial charge in [0.25, 0.3) is 0 Å². The van der Waals surface area contributed by atoms with E-state index in [0.717, 1.165) is 6.42 Å². The van der Waals surface area contributed by atoms with Crippen molar-refractivity contribution in [1.29, 1.82) is 0 Å². The number of hydrogen-bond donors (Lipinski definition) is 1. The maximum Gasteiger partial charge on any atom is 0.410 e. The second kappa shape index (κ2) is 3.89. The Labute approximate surface area is 101 Å². The van der Waals surface area contributed by atoms with Gasteiger partial charge >= 0.3 is 12.1 Å². The second-order valence-corrected chi connectivity index (χ2v) is 5.87. The lowest BCUT2D eigenvalue weighted by Crippen LogP contribution is -2.44. The van der Waals surface area contributed by atoms with Crippen molar-refractivity contribution in [2.45, 2.75) is 45.3 Å². The van der Waals surface area contributed by atoms with Gasteiger partial charge < -0.3 is 14.7 Å². The number of nitrogens with zero attached hydrogens (tertiary/aromatic N) is 1. The Balaban J connectivity index is 1.95. The minimum Gasteiger partial charge on any atom is -0.481 e. The lowest BCUT2D eigenvalue weighted by molar-refractivity contribution is -0.143. The molecule has 2 rings (SSSR count). The molecule has 0 aromatic carbocycles. The topological polar surface area (TPSA) is 66.8 Å². The van der Waals surface area contributed by atoms with Gasteiger partial charge in [0.1, 0.15) is 5.60 Å². The predicted octanol–water partition coefficient (Wildman–Crippen LogP) is 1.72. The van der Waals surface area contributed by atoms with Gasteiger partial charge in [-0.1, -0.05) is 0 Å². The first-order valence-corrected chi connectivity index (χ1v) is 6.02. The smallest absolute Gasteiger partial charge is 0.410 e. The number of ether oxygens (including phenoxy) is 1. The fraction of sp³-hybridized carbons (Fsp3) is 0.833.